The first-order chi connectivity index (χ1) is 13.6. The van der Waals surface area contributed by atoms with Crippen LogP contribution >= 0.6 is 11.8 Å². The normalized spacial score (nSPS) is 16.8. The van der Waals surface area contributed by atoms with Crippen LogP contribution in [0.2, 0.25) is 0 Å². The summed E-state index contributed by atoms with van der Waals surface area (Å²) >= 11 is 1.09. The standard InChI is InChI=1S/C21H17NO5S/c1-26-20(24)18-17(23)11-28-19(18)22-21(25)27-10-16-14-8-4-2-6-12(14)13-7-3-5-9-15(13)16/h2-9,16,23H,10-11H2,1H3. The molecule has 1 N–H and O–H groups in total. The van der Waals surface area contributed by atoms with E-state index >= 15 is 0 Å². The first kappa shape index (κ1) is 18.3. The van der Waals surface area contributed by atoms with E-state index in [0.717, 1.165) is 34.0 Å². The summed E-state index contributed by atoms with van der Waals surface area (Å²) in [6.45, 7) is 0.136. The van der Waals surface area contributed by atoms with E-state index in [-0.39, 0.29) is 34.7 Å². The molecule has 142 valence electrons. The van der Waals surface area contributed by atoms with Crippen LogP contribution in [0.3, 0.4) is 0 Å². The molecule has 1 aliphatic carbocycles. The Hall–Kier alpha value is -3.06. The summed E-state index contributed by atoms with van der Waals surface area (Å²) in [5.74, 6) is -0.786. The molecule has 28 heavy (non-hydrogen) atoms. The number of esters is 1. The predicted molar refractivity (Wildman–Crippen MR) is 107 cm³/mol. The highest BCUT2D eigenvalue weighted by atomic mass is 32.2. The number of hydrogen-bond acceptors (Lipinski definition) is 6. The summed E-state index contributed by atoms with van der Waals surface area (Å²) in [5, 5.41) is 9.93. The number of carbonyl (C=O) groups excluding carboxylic acids is 2. The fourth-order valence-corrected chi connectivity index (χ4v) is 4.41. The second kappa shape index (κ2) is 7.52. The number of aliphatic imine (C=N–C) groups is 1. The van der Waals surface area contributed by atoms with Crippen molar-refractivity contribution in [3.05, 3.63) is 71.0 Å². The zero-order valence-electron chi connectivity index (χ0n) is 15.0. The fourth-order valence-electron chi connectivity index (χ4n) is 3.51. The Kier molecular flexibility index (Phi) is 4.92. The summed E-state index contributed by atoms with van der Waals surface area (Å²) in [7, 11) is 1.20. The van der Waals surface area contributed by atoms with Gasteiger partial charge in [-0.3, -0.25) is 0 Å². The van der Waals surface area contributed by atoms with Gasteiger partial charge in [0.25, 0.3) is 0 Å². The largest absolute Gasteiger partial charge is 0.510 e. The fraction of sp³-hybridized carbons (Fsp3) is 0.190. The van der Waals surface area contributed by atoms with Crippen LogP contribution in [0, 0.1) is 0 Å². The van der Waals surface area contributed by atoms with Gasteiger partial charge in [-0.25, -0.2) is 9.59 Å². The van der Waals surface area contributed by atoms with Crippen molar-refractivity contribution in [1.82, 2.24) is 0 Å². The van der Waals surface area contributed by atoms with E-state index in [4.69, 9.17) is 4.74 Å². The zero-order valence-corrected chi connectivity index (χ0v) is 15.9. The number of aliphatic hydroxyl groups excluding tert-OH is 1. The SMILES string of the molecule is COC(=O)C1=C(O)CSC1=NC(=O)OCC1c2ccccc2-c2ccccc21. The molecule has 2 aliphatic rings. The molecule has 2 aromatic carbocycles. The Bertz CT molecular complexity index is 981. The smallest absolute Gasteiger partial charge is 0.434 e. The average Bonchev–Trinajstić information content (AvgIpc) is 3.23. The highest BCUT2D eigenvalue weighted by Crippen LogP contribution is 2.44. The molecule has 1 amide bonds. The maximum atomic E-state index is 12.3. The molecule has 0 saturated heterocycles. The quantitative estimate of drug-likeness (QED) is 0.789. The minimum atomic E-state index is -0.805. The van der Waals surface area contributed by atoms with Gasteiger partial charge in [-0.1, -0.05) is 60.3 Å². The molecule has 0 atom stereocenters. The van der Waals surface area contributed by atoms with Gasteiger partial charge in [-0.15, -0.1) is 0 Å². The van der Waals surface area contributed by atoms with Gasteiger partial charge in [-0.05, 0) is 22.3 Å². The third kappa shape index (κ3) is 3.18. The third-order valence-electron chi connectivity index (χ3n) is 4.77. The van der Waals surface area contributed by atoms with E-state index in [1.54, 1.807) is 0 Å². The van der Waals surface area contributed by atoms with Gasteiger partial charge in [0.05, 0.1) is 12.9 Å². The van der Waals surface area contributed by atoms with E-state index in [1.807, 2.05) is 36.4 Å². The van der Waals surface area contributed by atoms with Crippen molar-refractivity contribution >= 4 is 28.9 Å². The molecule has 0 bridgehead atoms. The van der Waals surface area contributed by atoms with Crippen LogP contribution in [0.15, 0.2) is 64.9 Å². The Labute approximate surface area is 165 Å². The maximum absolute atomic E-state index is 12.3. The van der Waals surface area contributed by atoms with Gasteiger partial charge < -0.3 is 14.6 Å². The lowest BCUT2D eigenvalue weighted by molar-refractivity contribution is -0.135. The Balaban J connectivity index is 1.53. The molecular formula is C21H17NO5S. The molecular weight excluding hydrogens is 378 g/mol. The zero-order chi connectivity index (χ0) is 19.7. The van der Waals surface area contributed by atoms with Crippen LogP contribution in [0.5, 0.6) is 0 Å². The highest BCUT2D eigenvalue weighted by molar-refractivity contribution is 8.15. The summed E-state index contributed by atoms with van der Waals surface area (Å²) in [5.41, 5.74) is 4.40. The van der Waals surface area contributed by atoms with Crippen LogP contribution in [0.4, 0.5) is 4.79 Å². The number of carbonyl (C=O) groups is 2. The molecule has 1 heterocycles. The van der Waals surface area contributed by atoms with E-state index in [2.05, 4.69) is 21.9 Å². The lowest BCUT2D eigenvalue weighted by Crippen LogP contribution is -2.14. The van der Waals surface area contributed by atoms with Crippen LogP contribution in [0.1, 0.15) is 17.0 Å². The summed E-state index contributed by atoms with van der Waals surface area (Å²) in [6, 6.07) is 16.1. The number of aliphatic hydroxyl groups is 1. The van der Waals surface area contributed by atoms with Crippen molar-refractivity contribution in [3.63, 3.8) is 0 Å². The minimum absolute atomic E-state index is 0.0724. The molecule has 6 nitrogen and oxygen atoms in total. The van der Waals surface area contributed by atoms with Crippen molar-refractivity contribution in [2.75, 3.05) is 19.5 Å². The molecule has 1 aliphatic heterocycles. The highest BCUT2D eigenvalue weighted by Gasteiger charge is 2.31. The number of ether oxygens (including phenoxy) is 2. The van der Waals surface area contributed by atoms with Gasteiger partial charge in [0.1, 0.15) is 23.0 Å². The molecule has 0 aromatic heterocycles. The summed E-state index contributed by atoms with van der Waals surface area (Å²) < 4.78 is 10.0. The number of rotatable bonds is 3. The first-order valence-electron chi connectivity index (χ1n) is 8.67. The first-order valence-corrected chi connectivity index (χ1v) is 9.66. The number of thioether (sulfide) groups is 1. The summed E-state index contributed by atoms with van der Waals surface area (Å²) in [6.07, 6.45) is -0.805. The van der Waals surface area contributed by atoms with E-state index in [1.165, 1.54) is 7.11 Å². The predicted octanol–water partition coefficient (Wildman–Crippen LogP) is 4.07. The van der Waals surface area contributed by atoms with E-state index in [9.17, 15) is 14.7 Å². The van der Waals surface area contributed by atoms with Gasteiger partial charge in [0, 0.05) is 5.92 Å². The molecule has 7 heteroatoms. The van der Waals surface area contributed by atoms with Crippen molar-refractivity contribution in [2.45, 2.75) is 5.92 Å². The molecule has 0 radical (unpaired) electrons. The second-order valence-corrected chi connectivity index (χ2v) is 7.29. The molecule has 0 saturated carbocycles. The van der Waals surface area contributed by atoms with E-state index < -0.39 is 12.1 Å². The van der Waals surface area contributed by atoms with Crippen LogP contribution < -0.4 is 0 Å². The third-order valence-corrected chi connectivity index (χ3v) is 5.75. The minimum Gasteiger partial charge on any atom is -0.510 e. The van der Waals surface area contributed by atoms with Gasteiger partial charge in [-0.2, -0.15) is 4.99 Å². The Morgan fingerprint density at radius 1 is 1.11 bits per heavy atom. The van der Waals surface area contributed by atoms with Crippen molar-refractivity contribution < 1.29 is 24.2 Å². The number of benzene rings is 2. The Morgan fingerprint density at radius 2 is 1.71 bits per heavy atom. The number of fused-ring (bicyclic) bond motifs is 3. The maximum Gasteiger partial charge on any atom is 0.434 e. The van der Waals surface area contributed by atoms with E-state index in [0.29, 0.717) is 0 Å². The topological polar surface area (TPSA) is 85.2 Å². The summed E-state index contributed by atoms with van der Waals surface area (Å²) in [4.78, 5) is 27.9. The monoisotopic (exact) mass is 395 g/mol. The van der Waals surface area contributed by atoms with Crippen molar-refractivity contribution in [1.29, 1.82) is 0 Å². The van der Waals surface area contributed by atoms with Crippen LogP contribution in [0.25, 0.3) is 11.1 Å². The van der Waals surface area contributed by atoms with Gasteiger partial charge in [0.2, 0.25) is 0 Å². The van der Waals surface area contributed by atoms with Gasteiger partial charge in [0.15, 0.2) is 0 Å². The number of methoxy groups -OCH3 is 1. The molecule has 0 fully saturated rings. The van der Waals surface area contributed by atoms with Crippen LogP contribution in [-0.4, -0.2) is 41.7 Å². The molecule has 4 rings (SSSR count). The Morgan fingerprint density at radius 3 is 2.32 bits per heavy atom. The number of hydrogen-bond donors (Lipinski definition) is 1. The average molecular weight is 395 g/mol. The van der Waals surface area contributed by atoms with Crippen molar-refractivity contribution in [3.8, 4) is 11.1 Å². The van der Waals surface area contributed by atoms with Gasteiger partial charge >= 0.3 is 12.1 Å². The number of nitrogens with zero attached hydrogens (tertiary/aromatic N) is 1. The van der Waals surface area contributed by atoms with Crippen LogP contribution in [-0.2, 0) is 14.3 Å². The molecule has 0 unspecified atom stereocenters. The molecule has 2 aromatic rings. The van der Waals surface area contributed by atoms with Crippen molar-refractivity contribution in [2.24, 2.45) is 4.99 Å². The lowest BCUT2D eigenvalue weighted by Gasteiger charge is -2.13. The molecule has 0 spiro atoms. The number of amides is 1. The second-order valence-electron chi connectivity index (χ2n) is 6.32. The lowest BCUT2D eigenvalue weighted by atomic mass is 9.98.